The van der Waals surface area contributed by atoms with Gasteiger partial charge < -0.3 is 14.2 Å². The lowest BCUT2D eigenvalue weighted by molar-refractivity contribution is -0.350. The summed E-state index contributed by atoms with van der Waals surface area (Å²) in [6.45, 7) is 2.97. The van der Waals surface area contributed by atoms with Crippen molar-refractivity contribution in [3.05, 3.63) is 18.5 Å². The molecule has 7 heteroatoms. The summed E-state index contributed by atoms with van der Waals surface area (Å²) in [4.78, 5) is 12.0. The molecule has 1 atom stereocenters. The van der Waals surface area contributed by atoms with E-state index in [2.05, 4.69) is 20.3 Å². The number of hydrogen-bond acceptors (Lipinski definition) is 7. The van der Waals surface area contributed by atoms with Crippen LogP contribution in [0.3, 0.4) is 0 Å². The standard InChI is InChI=1S/C10H16N4O3/c1-9(8-12-6-11-7-13-8)10(15-2,16-3)14-4-5-17-9/h6-7,14H,4-5H2,1-3H3. The Labute approximate surface area is 99.5 Å². The predicted octanol–water partition coefficient (Wildman–Crippen LogP) is -0.347. The van der Waals surface area contributed by atoms with Crippen molar-refractivity contribution >= 4 is 0 Å². The van der Waals surface area contributed by atoms with Crippen LogP contribution in [0.4, 0.5) is 0 Å². The third-order valence-electron chi connectivity index (χ3n) is 2.97. The summed E-state index contributed by atoms with van der Waals surface area (Å²) < 4.78 is 16.7. The first-order valence-electron chi connectivity index (χ1n) is 5.30. The number of hydrogen-bond donors (Lipinski definition) is 1. The van der Waals surface area contributed by atoms with Gasteiger partial charge in [0.2, 0.25) is 0 Å². The summed E-state index contributed by atoms with van der Waals surface area (Å²) >= 11 is 0. The molecule has 17 heavy (non-hydrogen) atoms. The topological polar surface area (TPSA) is 78.4 Å². The highest BCUT2D eigenvalue weighted by Gasteiger charge is 2.56. The Balaban J connectivity index is 2.44. The first-order valence-corrected chi connectivity index (χ1v) is 5.30. The first kappa shape index (κ1) is 12.3. The monoisotopic (exact) mass is 240 g/mol. The number of nitrogens with zero attached hydrogens (tertiary/aromatic N) is 3. The average Bonchev–Trinajstić information content (AvgIpc) is 2.41. The highest BCUT2D eigenvalue weighted by Crippen LogP contribution is 2.37. The van der Waals surface area contributed by atoms with E-state index in [1.807, 2.05) is 6.92 Å². The van der Waals surface area contributed by atoms with E-state index in [-0.39, 0.29) is 0 Å². The summed E-state index contributed by atoms with van der Waals surface area (Å²) in [6.07, 6.45) is 2.84. The first-order chi connectivity index (χ1) is 8.18. The molecule has 0 aliphatic carbocycles. The second kappa shape index (κ2) is 4.61. The molecule has 1 N–H and O–H groups in total. The zero-order valence-corrected chi connectivity index (χ0v) is 10.1. The largest absolute Gasteiger partial charge is 0.359 e. The average molecular weight is 240 g/mol. The van der Waals surface area contributed by atoms with Gasteiger partial charge in [-0.1, -0.05) is 0 Å². The molecule has 7 nitrogen and oxygen atoms in total. The van der Waals surface area contributed by atoms with Crippen molar-refractivity contribution in [1.82, 2.24) is 20.3 Å². The normalized spacial score (nSPS) is 27.9. The third kappa shape index (κ3) is 1.81. The molecule has 0 spiro atoms. The van der Waals surface area contributed by atoms with Crippen LogP contribution in [-0.4, -0.2) is 48.2 Å². The maximum absolute atomic E-state index is 5.78. The van der Waals surface area contributed by atoms with Gasteiger partial charge in [-0.2, -0.15) is 0 Å². The molecular formula is C10H16N4O3. The molecule has 1 aromatic heterocycles. The summed E-state index contributed by atoms with van der Waals surface area (Å²) in [5.74, 6) is -0.643. The van der Waals surface area contributed by atoms with Crippen LogP contribution >= 0.6 is 0 Å². The minimum absolute atomic E-state index is 0.461. The van der Waals surface area contributed by atoms with Gasteiger partial charge in [0.1, 0.15) is 12.7 Å². The van der Waals surface area contributed by atoms with Gasteiger partial charge in [0, 0.05) is 20.8 Å². The Morgan fingerprint density at radius 2 is 1.94 bits per heavy atom. The summed E-state index contributed by atoms with van der Waals surface area (Å²) in [6, 6.07) is 0. The molecule has 2 rings (SSSR count). The highest BCUT2D eigenvalue weighted by atomic mass is 16.7. The van der Waals surface area contributed by atoms with Crippen molar-refractivity contribution in [2.24, 2.45) is 0 Å². The van der Waals surface area contributed by atoms with Crippen LogP contribution in [0.1, 0.15) is 12.7 Å². The Morgan fingerprint density at radius 1 is 1.29 bits per heavy atom. The van der Waals surface area contributed by atoms with Gasteiger partial charge in [0.25, 0.3) is 5.91 Å². The fourth-order valence-corrected chi connectivity index (χ4v) is 2.05. The van der Waals surface area contributed by atoms with Gasteiger partial charge >= 0.3 is 0 Å². The molecule has 1 unspecified atom stereocenters. The van der Waals surface area contributed by atoms with Gasteiger partial charge in [-0.25, -0.2) is 15.0 Å². The lowest BCUT2D eigenvalue weighted by Crippen LogP contribution is -2.67. The summed E-state index contributed by atoms with van der Waals surface area (Å²) in [5.41, 5.74) is -0.933. The van der Waals surface area contributed by atoms with Crippen LogP contribution in [0, 0.1) is 0 Å². The molecule has 1 fully saturated rings. The van der Waals surface area contributed by atoms with Crippen molar-refractivity contribution < 1.29 is 14.2 Å². The second-order valence-electron chi connectivity index (χ2n) is 3.80. The molecule has 0 amide bonds. The van der Waals surface area contributed by atoms with Crippen LogP contribution in [0.2, 0.25) is 0 Å². The predicted molar refractivity (Wildman–Crippen MR) is 57.9 cm³/mol. The van der Waals surface area contributed by atoms with Crippen molar-refractivity contribution in [3.63, 3.8) is 0 Å². The van der Waals surface area contributed by atoms with E-state index >= 15 is 0 Å². The van der Waals surface area contributed by atoms with Crippen LogP contribution in [0.15, 0.2) is 12.7 Å². The van der Waals surface area contributed by atoms with Gasteiger partial charge in [-0.05, 0) is 6.92 Å². The third-order valence-corrected chi connectivity index (χ3v) is 2.97. The number of morpholine rings is 1. The fourth-order valence-electron chi connectivity index (χ4n) is 2.05. The molecule has 0 aromatic carbocycles. The van der Waals surface area contributed by atoms with Crippen molar-refractivity contribution in [1.29, 1.82) is 0 Å². The number of methoxy groups -OCH3 is 2. The molecule has 1 aliphatic rings. The maximum Gasteiger partial charge on any atom is 0.265 e. The van der Waals surface area contributed by atoms with Crippen LogP contribution in [-0.2, 0) is 19.8 Å². The maximum atomic E-state index is 5.78. The second-order valence-corrected chi connectivity index (χ2v) is 3.80. The molecule has 1 aromatic rings. The van der Waals surface area contributed by atoms with E-state index in [0.717, 1.165) is 0 Å². The fraction of sp³-hybridized carbons (Fsp3) is 0.700. The molecular weight excluding hydrogens is 224 g/mol. The van der Waals surface area contributed by atoms with Crippen LogP contribution < -0.4 is 5.32 Å². The SMILES string of the molecule is COC1(OC)NCCOC1(C)c1ncncn1. The van der Waals surface area contributed by atoms with Crippen molar-refractivity contribution in [2.75, 3.05) is 27.4 Å². The van der Waals surface area contributed by atoms with Crippen molar-refractivity contribution in [2.45, 2.75) is 18.4 Å². The minimum Gasteiger partial charge on any atom is -0.359 e. The van der Waals surface area contributed by atoms with E-state index in [1.54, 1.807) is 14.2 Å². The summed E-state index contributed by atoms with van der Waals surface area (Å²) in [7, 11) is 3.09. The Kier molecular flexibility index (Phi) is 3.34. The molecule has 2 heterocycles. The zero-order chi connectivity index (χ0) is 12.4. The van der Waals surface area contributed by atoms with E-state index in [1.165, 1.54) is 12.7 Å². The lowest BCUT2D eigenvalue weighted by atomic mass is 9.98. The van der Waals surface area contributed by atoms with Gasteiger partial charge in [0.15, 0.2) is 11.4 Å². The van der Waals surface area contributed by atoms with E-state index < -0.39 is 11.5 Å². The van der Waals surface area contributed by atoms with Gasteiger partial charge in [-0.15, -0.1) is 0 Å². The van der Waals surface area contributed by atoms with Crippen molar-refractivity contribution in [3.8, 4) is 0 Å². The van der Waals surface area contributed by atoms with E-state index in [9.17, 15) is 0 Å². The molecule has 0 radical (unpaired) electrons. The minimum atomic E-state index is -1.10. The van der Waals surface area contributed by atoms with E-state index in [0.29, 0.717) is 19.0 Å². The lowest BCUT2D eigenvalue weighted by Gasteiger charge is -2.47. The van der Waals surface area contributed by atoms with Gasteiger partial charge in [0.05, 0.1) is 6.61 Å². The molecule has 0 saturated carbocycles. The number of aromatic nitrogens is 3. The zero-order valence-electron chi connectivity index (χ0n) is 10.1. The molecule has 94 valence electrons. The Morgan fingerprint density at radius 3 is 2.53 bits per heavy atom. The molecule has 0 bridgehead atoms. The number of rotatable bonds is 3. The van der Waals surface area contributed by atoms with Crippen LogP contribution in [0.5, 0.6) is 0 Å². The highest BCUT2D eigenvalue weighted by molar-refractivity contribution is 5.07. The van der Waals surface area contributed by atoms with E-state index in [4.69, 9.17) is 14.2 Å². The quantitative estimate of drug-likeness (QED) is 0.724. The molecule has 1 saturated heterocycles. The van der Waals surface area contributed by atoms with Gasteiger partial charge in [-0.3, -0.25) is 5.32 Å². The van der Waals surface area contributed by atoms with Crippen LogP contribution in [0.25, 0.3) is 0 Å². The number of ether oxygens (including phenoxy) is 3. The Bertz CT molecular complexity index is 371. The smallest absolute Gasteiger partial charge is 0.265 e. The summed E-state index contributed by atoms with van der Waals surface area (Å²) in [5, 5.41) is 3.15. The Hall–Kier alpha value is -1.15. The number of nitrogens with one attached hydrogen (secondary N) is 1. The molecule has 1 aliphatic heterocycles.